The van der Waals surface area contributed by atoms with Gasteiger partial charge in [0.1, 0.15) is 6.04 Å². The fraction of sp³-hybridized carbons (Fsp3) is 0.706. The molecule has 0 bridgehead atoms. The number of nitrogens with one attached hydrogen (secondary N) is 1. The van der Waals surface area contributed by atoms with Crippen molar-refractivity contribution >= 4 is 11.8 Å². The molecule has 1 saturated heterocycles. The summed E-state index contributed by atoms with van der Waals surface area (Å²) in [4.78, 5) is 26.6. The van der Waals surface area contributed by atoms with Crippen LogP contribution in [0.15, 0.2) is 18.5 Å². The summed E-state index contributed by atoms with van der Waals surface area (Å²) in [6, 6.07) is 1.73. The van der Waals surface area contributed by atoms with E-state index >= 15 is 0 Å². The van der Waals surface area contributed by atoms with Crippen LogP contribution in [0.3, 0.4) is 0 Å². The second-order valence-corrected chi connectivity index (χ2v) is 6.78. The molecule has 0 radical (unpaired) electrons. The molecule has 1 aliphatic carbocycles. The molecule has 23 heavy (non-hydrogen) atoms. The van der Waals surface area contributed by atoms with E-state index in [4.69, 9.17) is 0 Å². The second-order valence-electron chi connectivity index (χ2n) is 6.78. The first kappa shape index (κ1) is 16.0. The van der Waals surface area contributed by atoms with E-state index < -0.39 is 0 Å². The Morgan fingerprint density at radius 1 is 1.26 bits per heavy atom. The number of rotatable bonds is 5. The molecule has 6 heteroatoms. The molecule has 2 amide bonds. The Kier molecular flexibility index (Phi) is 4.98. The van der Waals surface area contributed by atoms with Crippen molar-refractivity contribution in [3.8, 4) is 0 Å². The van der Waals surface area contributed by atoms with Crippen molar-refractivity contribution in [2.24, 2.45) is 5.92 Å². The Bertz CT molecular complexity index is 537. The number of hydrogen-bond acceptors (Lipinski definition) is 3. The largest absolute Gasteiger partial charge is 0.344 e. The van der Waals surface area contributed by atoms with Crippen LogP contribution in [0.1, 0.15) is 45.4 Å². The average molecular weight is 318 g/mol. The van der Waals surface area contributed by atoms with E-state index in [0.29, 0.717) is 0 Å². The van der Waals surface area contributed by atoms with Gasteiger partial charge in [-0.15, -0.1) is 0 Å². The lowest BCUT2D eigenvalue weighted by atomic mass is 9.96. The summed E-state index contributed by atoms with van der Waals surface area (Å²) in [5.74, 6) is 0.275. The molecule has 0 unspecified atom stereocenters. The van der Waals surface area contributed by atoms with Crippen LogP contribution in [0.4, 0.5) is 0 Å². The lowest BCUT2D eigenvalue weighted by molar-refractivity contribution is -0.138. The van der Waals surface area contributed by atoms with Gasteiger partial charge in [0.25, 0.3) is 0 Å². The zero-order chi connectivity index (χ0) is 16.2. The molecule has 1 aromatic rings. The van der Waals surface area contributed by atoms with Crippen LogP contribution in [0.5, 0.6) is 0 Å². The third-order valence-electron chi connectivity index (χ3n) is 5.11. The van der Waals surface area contributed by atoms with Gasteiger partial charge in [-0.1, -0.05) is 12.8 Å². The molecule has 3 rings (SSSR count). The van der Waals surface area contributed by atoms with Crippen LogP contribution in [0.25, 0.3) is 0 Å². The first-order valence-electron chi connectivity index (χ1n) is 8.70. The fourth-order valence-electron chi connectivity index (χ4n) is 4.01. The summed E-state index contributed by atoms with van der Waals surface area (Å²) in [6.45, 7) is 3.02. The molecule has 2 fully saturated rings. The summed E-state index contributed by atoms with van der Waals surface area (Å²) in [5.41, 5.74) is 0. The van der Waals surface area contributed by atoms with Gasteiger partial charge in [0.2, 0.25) is 11.8 Å². The SMILES string of the molecule is CC(=O)N[C@H](C(=O)N1CCC[C@@H]1Cn1cccn1)C1CCCC1. The van der Waals surface area contributed by atoms with E-state index in [2.05, 4.69) is 10.4 Å². The van der Waals surface area contributed by atoms with Gasteiger partial charge in [0.15, 0.2) is 0 Å². The van der Waals surface area contributed by atoms with E-state index in [-0.39, 0.29) is 29.8 Å². The lowest BCUT2D eigenvalue weighted by Gasteiger charge is -2.31. The number of likely N-dealkylation sites (tertiary alicyclic amines) is 1. The number of hydrogen-bond donors (Lipinski definition) is 1. The predicted molar refractivity (Wildman–Crippen MR) is 86.5 cm³/mol. The number of carbonyl (C=O) groups is 2. The van der Waals surface area contributed by atoms with Gasteiger partial charge in [-0.2, -0.15) is 5.10 Å². The standard InChI is InChI=1S/C17H26N4O2/c1-13(22)19-16(14-6-2-3-7-14)17(23)21-11-4-8-15(21)12-20-10-5-9-18-20/h5,9-10,14-16H,2-4,6-8,11-12H2,1H3,(H,19,22)/t15-,16+/m1/s1. The smallest absolute Gasteiger partial charge is 0.245 e. The molecular weight excluding hydrogens is 292 g/mol. The highest BCUT2D eigenvalue weighted by Crippen LogP contribution is 2.30. The summed E-state index contributed by atoms with van der Waals surface area (Å²) in [5, 5.41) is 7.18. The Morgan fingerprint density at radius 2 is 2.04 bits per heavy atom. The van der Waals surface area contributed by atoms with Crippen LogP contribution in [-0.2, 0) is 16.1 Å². The topological polar surface area (TPSA) is 67.2 Å². The molecule has 6 nitrogen and oxygen atoms in total. The summed E-state index contributed by atoms with van der Waals surface area (Å²) in [6.07, 6.45) is 10.1. The first-order chi connectivity index (χ1) is 11.1. The van der Waals surface area contributed by atoms with Crippen molar-refractivity contribution in [3.05, 3.63) is 18.5 Å². The molecule has 2 atom stereocenters. The number of carbonyl (C=O) groups excluding carboxylic acids is 2. The summed E-state index contributed by atoms with van der Waals surface area (Å²) < 4.78 is 1.89. The Morgan fingerprint density at radius 3 is 2.70 bits per heavy atom. The van der Waals surface area contributed by atoms with E-state index in [1.54, 1.807) is 6.20 Å². The fourth-order valence-corrected chi connectivity index (χ4v) is 4.01. The van der Waals surface area contributed by atoms with Gasteiger partial charge >= 0.3 is 0 Å². The van der Waals surface area contributed by atoms with Crippen LogP contribution in [0.2, 0.25) is 0 Å². The maximum absolute atomic E-state index is 13.1. The Labute approximate surface area is 137 Å². The van der Waals surface area contributed by atoms with Crippen LogP contribution >= 0.6 is 0 Å². The maximum atomic E-state index is 13.1. The molecule has 1 saturated carbocycles. The van der Waals surface area contributed by atoms with Crippen molar-refractivity contribution in [1.29, 1.82) is 0 Å². The molecule has 1 aromatic heterocycles. The molecule has 2 heterocycles. The van der Waals surface area contributed by atoms with Gasteiger partial charge in [0.05, 0.1) is 12.6 Å². The highest BCUT2D eigenvalue weighted by atomic mass is 16.2. The van der Waals surface area contributed by atoms with Crippen LogP contribution in [0, 0.1) is 5.92 Å². The molecule has 126 valence electrons. The quantitative estimate of drug-likeness (QED) is 0.896. The van der Waals surface area contributed by atoms with E-state index in [1.807, 2.05) is 21.8 Å². The highest BCUT2D eigenvalue weighted by Gasteiger charge is 2.38. The Balaban J connectivity index is 1.70. The molecular formula is C17H26N4O2. The third kappa shape index (κ3) is 3.74. The Hall–Kier alpha value is -1.85. The number of amides is 2. The minimum atomic E-state index is -0.353. The van der Waals surface area contributed by atoms with E-state index in [9.17, 15) is 9.59 Å². The second kappa shape index (κ2) is 7.15. The predicted octanol–water partition coefficient (Wildman–Crippen LogP) is 1.57. The number of nitrogens with zero attached hydrogens (tertiary/aromatic N) is 3. The zero-order valence-electron chi connectivity index (χ0n) is 13.8. The van der Waals surface area contributed by atoms with E-state index in [1.165, 1.54) is 6.92 Å². The van der Waals surface area contributed by atoms with Gasteiger partial charge < -0.3 is 10.2 Å². The normalized spacial score (nSPS) is 23.2. The first-order valence-corrected chi connectivity index (χ1v) is 8.70. The van der Waals surface area contributed by atoms with Crippen molar-refractivity contribution in [2.45, 2.75) is 64.1 Å². The molecule has 2 aliphatic rings. The zero-order valence-corrected chi connectivity index (χ0v) is 13.8. The minimum absolute atomic E-state index is 0.0988. The van der Waals surface area contributed by atoms with Gasteiger partial charge in [-0.25, -0.2) is 0 Å². The van der Waals surface area contributed by atoms with Crippen LogP contribution in [-0.4, -0.2) is 45.1 Å². The van der Waals surface area contributed by atoms with Crippen molar-refractivity contribution in [1.82, 2.24) is 20.0 Å². The van der Waals surface area contributed by atoms with Gasteiger partial charge in [-0.3, -0.25) is 14.3 Å². The summed E-state index contributed by atoms with van der Waals surface area (Å²) >= 11 is 0. The highest BCUT2D eigenvalue weighted by molar-refractivity contribution is 5.87. The monoisotopic (exact) mass is 318 g/mol. The third-order valence-corrected chi connectivity index (χ3v) is 5.11. The molecule has 0 spiro atoms. The van der Waals surface area contributed by atoms with Crippen LogP contribution < -0.4 is 5.32 Å². The van der Waals surface area contributed by atoms with Gasteiger partial charge in [-0.05, 0) is 37.7 Å². The number of aromatic nitrogens is 2. The average Bonchev–Trinajstić information content (AvgIpc) is 3.26. The van der Waals surface area contributed by atoms with Crippen molar-refractivity contribution in [3.63, 3.8) is 0 Å². The van der Waals surface area contributed by atoms with Crippen molar-refractivity contribution in [2.75, 3.05) is 6.54 Å². The van der Waals surface area contributed by atoms with E-state index in [0.717, 1.165) is 51.6 Å². The van der Waals surface area contributed by atoms with Crippen molar-refractivity contribution < 1.29 is 9.59 Å². The minimum Gasteiger partial charge on any atom is -0.344 e. The summed E-state index contributed by atoms with van der Waals surface area (Å²) in [7, 11) is 0. The maximum Gasteiger partial charge on any atom is 0.245 e. The lowest BCUT2D eigenvalue weighted by Crippen LogP contribution is -2.53. The van der Waals surface area contributed by atoms with Gasteiger partial charge in [0, 0.05) is 25.9 Å². The molecule has 1 N–H and O–H groups in total. The molecule has 0 aromatic carbocycles. The molecule has 1 aliphatic heterocycles.